The van der Waals surface area contributed by atoms with E-state index >= 15 is 0 Å². The van der Waals surface area contributed by atoms with Crippen LogP contribution in [0.3, 0.4) is 0 Å². The number of anilines is 1. The molecule has 1 aliphatic rings. The van der Waals surface area contributed by atoms with Crippen LogP contribution in [0, 0.1) is 5.92 Å². The lowest BCUT2D eigenvalue weighted by molar-refractivity contribution is 0.217. The van der Waals surface area contributed by atoms with Crippen LogP contribution < -0.4 is 5.32 Å². The summed E-state index contributed by atoms with van der Waals surface area (Å²) in [6.45, 7) is 3.50. The number of fused-ring (bicyclic) bond motifs is 1. The van der Waals surface area contributed by atoms with E-state index in [4.69, 9.17) is 0 Å². The maximum Gasteiger partial charge on any atom is 0.183 e. The van der Waals surface area contributed by atoms with Gasteiger partial charge in [-0.1, -0.05) is 23.5 Å². The van der Waals surface area contributed by atoms with Crippen molar-refractivity contribution in [2.45, 2.75) is 12.8 Å². The number of nitrogens with zero attached hydrogens (tertiary/aromatic N) is 2. The molecule has 0 radical (unpaired) electrons. The molecule has 3 rings (SSSR count). The Bertz CT molecular complexity index is 489. The molecular formula is C14H19N3S. The first-order chi connectivity index (χ1) is 8.81. The molecule has 3 nitrogen and oxygen atoms in total. The minimum absolute atomic E-state index is 0.760. The van der Waals surface area contributed by atoms with E-state index < -0.39 is 0 Å². The predicted octanol–water partition coefficient (Wildman–Crippen LogP) is 3.05. The number of benzene rings is 1. The molecule has 4 heteroatoms. The SMILES string of the molecule is CN1CCCC(CNc2nc3ccccc3s2)C1. The van der Waals surface area contributed by atoms with E-state index in [-0.39, 0.29) is 0 Å². The topological polar surface area (TPSA) is 28.2 Å². The molecule has 1 N–H and O–H groups in total. The number of hydrogen-bond acceptors (Lipinski definition) is 4. The molecule has 1 aromatic heterocycles. The van der Waals surface area contributed by atoms with Crippen LogP contribution in [0.25, 0.3) is 10.2 Å². The van der Waals surface area contributed by atoms with Crippen LogP contribution in [0.4, 0.5) is 5.13 Å². The van der Waals surface area contributed by atoms with Gasteiger partial charge in [-0.15, -0.1) is 0 Å². The lowest BCUT2D eigenvalue weighted by atomic mass is 9.99. The Morgan fingerprint density at radius 3 is 3.17 bits per heavy atom. The molecular weight excluding hydrogens is 242 g/mol. The summed E-state index contributed by atoms with van der Waals surface area (Å²) in [5, 5.41) is 4.56. The molecule has 0 aliphatic carbocycles. The van der Waals surface area contributed by atoms with E-state index in [2.05, 4.69) is 40.4 Å². The Balaban J connectivity index is 1.62. The number of nitrogens with one attached hydrogen (secondary N) is 1. The number of para-hydroxylation sites is 1. The van der Waals surface area contributed by atoms with Gasteiger partial charge in [-0.2, -0.15) is 0 Å². The number of hydrogen-bond donors (Lipinski definition) is 1. The highest BCUT2D eigenvalue weighted by molar-refractivity contribution is 7.22. The normalized spacial score (nSPS) is 21.3. The van der Waals surface area contributed by atoms with Crippen molar-refractivity contribution in [2.75, 3.05) is 32.0 Å². The first-order valence-electron chi connectivity index (χ1n) is 6.59. The van der Waals surface area contributed by atoms with Gasteiger partial charge < -0.3 is 10.2 Å². The molecule has 96 valence electrons. The van der Waals surface area contributed by atoms with Crippen molar-refractivity contribution in [3.05, 3.63) is 24.3 Å². The standard InChI is InChI=1S/C14H19N3S/c1-17-8-4-5-11(10-17)9-15-14-16-12-6-2-3-7-13(12)18-14/h2-3,6-7,11H,4-5,8-10H2,1H3,(H,15,16). The predicted molar refractivity (Wildman–Crippen MR) is 78.3 cm³/mol. The van der Waals surface area contributed by atoms with E-state index in [0.717, 1.165) is 23.1 Å². The Morgan fingerprint density at radius 2 is 2.33 bits per heavy atom. The highest BCUT2D eigenvalue weighted by Crippen LogP contribution is 2.26. The van der Waals surface area contributed by atoms with Crippen molar-refractivity contribution in [2.24, 2.45) is 5.92 Å². The van der Waals surface area contributed by atoms with Crippen LogP contribution >= 0.6 is 11.3 Å². The average molecular weight is 261 g/mol. The van der Waals surface area contributed by atoms with Crippen molar-refractivity contribution >= 4 is 26.7 Å². The van der Waals surface area contributed by atoms with Gasteiger partial charge in [0.2, 0.25) is 0 Å². The summed E-state index contributed by atoms with van der Waals surface area (Å²) in [4.78, 5) is 7.03. The second kappa shape index (κ2) is 5.24. The zero-order chi connectivity index (χ0) is 12.4. The molecule has 2 aromatic rings. The summed E-state index contributed by atoms with van der Waals surface area (Å²) < 4.78 is 1.26. The molecule has 1 atom stereocenters. The largest absolute Gasteiger partial charge is 0.361 e. The van der Waals surface area contributed by atoms with Crippen LogP contribution in [-0.4, -0.2) is 36.6 Å². The third-order valence-electron chi connectivity index (χ3n) is 3.56. The summed E-state index contributed by atoms with van der Waals surface area (Å²) in [5.41, 5.74) is 1.10. The van der Waals surface area contributed by atoms with Crippen molar-refractivity contribution in [3.63, 3.8) is 0 Å². The summed E-state index contributed by atoms with van der Waals surface area (Å²) in [7, 11) is 2.21. The molecule has 1 unspecified atom stereocenters. The van der Waals surface area contributed by atoms with Gasteiger partial charge in [-0.25, -0.2) is 4.98 Å². The van der Waals surface area contributed by atoms with Crippen LogP contribution in [0.5, 0.6) is 0 Å². The zero-order valence-electron chi connectivity index (χ0n) is 10.7. The van der Waals surface area contributed by atoms with Crippen LogP contribution in [-0.2, 0) is 0 Å². The fourth-order valence-corrected chi connectivity index (χ4v) is 3.49. The second-order valence-corrected chi connectivity index (χ2v) is 6.17. The van der Waals surface area contributed by atoms with E-state index in [0.29, 0.717) is 0 Å². The van der Waals surface area contributed by atoms with Gasteiger partial charge in [-0.3, -0.25) is 0 Å². The molecule has 1 fully saturated rings. The van der Waals surface area contributed by atoms with Crippen molar-refractivity contribution < 1.29 is 0 Å². The highest BCUT2D eigenvalue weighted by atomic mass is 32.1. The monoisotopic (exact) mass is 261 g/mol. The fourth-order valence-electron chi connectivity index (χ4n) is 2.62. The quantitative estimate of drug-likeness (QED) is 0.920. The first-order valence-corrected chi connectivity index (χ1v) is 7.41. The fraction of sp³-hybridized carbons (Fsp3) is 0.500. The average Bonchev–Trinajstić information content (AvgIpc) is 2.79. The van der Waals surface area contributed by atoms with Gasteiger partial charge in [-0.05, 0) is 44.5 Å². The number of rotatable bonds is 3. The Hall–Kier alpha value is -1.13. The van der Waals surface area contributed by atoms with Gasteiger partial charge in [0.15, 0.2) is 5.13 Å². The summed E-state index contributed by atoms with van der Waals surface area (Å²) in [6, 6.07) is 8.32. The number of likely N-dealkylation sites (tertiary alicyclic amines) is 1. The highest BCUT2D eigenvalue weighted by Gasteiger charge is 2.17. The Labute approximate surface area is 112 Å². The van der Waals surface area contributed by atoms with E-state index in [1.54, 1.807) is 11.3 Å². The molecule has 0 saturated carbocycles. The van der Waals surface area contributed by atoms with E-state index in [9.17, 15) is 0 Å². The molecule has 0 spiro atoms. The van der Waals surface area contributed by atoms with Gasteiger partial charge in [0.1, 0.15) is 0 Å². The first kappa shape index (κ1) is 11.9. The molecule has 2 heterocycles. The van der Waals surface area contributed by atoms with Crippen molar-refractivity contribution in [1.29, 1.82) is 0 Å². The maximum absolute atomic E-state index is 4.61. The molecule has 1 aliphatic heterocycles. The van der Waals surface area contributed by atoms with Crippen molar-refractivity contribution in [1.82, 2.24) is 9.88 Å². The minimum atomic E-state index is 0.760. The number of aromatic nitrogens is 1. The van der Waals surface area contributed by atoms with E-state index in [1.165, 1.54) is 30.6 Å². The lowest BCUT2D eigenvalue weighted by Crippen LogP contribution is -2.35. The number of piperidine rings is 1. The smallest absolute Gasteiger partial charge is 0.183 e. The summed E-state index contributed by atoms with van der Waals surface area (Å²) in [6.07, 6.45) is 2.66. The van der Waals surface area contributed by atoms with Gasteiger partial charge in [0.05, 0.1) is 10.2 Å². The van der Waals surface area contributed by atoms with Gasteiger partial charge >= 0.3 is 0 Å². The van der Waals surface area contributed by atoms with Crippen LogP contribution in [0.15, 0.2) is 24.3 Å². The minimum Gasteiger partial charge on any atom is -0.361 e. The lowest BCUT2D eigenvalue weighted by Gasteiger charge is -2.29. The Kier molecular flexibility index (Phi) is 3.48. The van der Waals surface area contributed by atoms with Crippen molar-refractivity contribution in [3.8, 4) is 0 Å². The zero-order valence-corrected chi connectivity index (χ0v) is 11.5. The number of thiazole rings is 1. The van der Waals surface area contributed by atoms with Crippen LogP contribution in [0.1, 0.15) is 12.8 Å². The molecule has 0 bridgehead atoms. The van der Waals surface area contributed by atoms with E-state index in [1.807, 2.05) is 6.07 Å². The third kappa shape index (κ3) is 2.65. The van der Waals surface area contributed by atoms with Crippen LogP contribution in [0.2, 0.25) is 0 Å². The van der Waals surface area contributed by atoms with Gasteiger partial charge in [0, 0.05) is 13.1 Å². The van der Waals surface area contributed by atoms with Gasteiger partial charge in [0.25, 0.3) is 0 Å². The second-order valence-electron chi connectivity index (χ2n) is 5.14. The summed E-state index contributed by atoms with van der Waals surface area (Å²) in [5.74, 6) is 0.760. The molecule has 1 aromatic carbocycles. The summed E-state index contributed by atoms with van der Waals surface area (Å²) >= 11 is 1.75. The molecule has 18 heavy (non-hydrogen) atoms. The third-order valence-corrected chi connectivity index (χ3v) is 4.55. The molecule has 0 amide bonds. The molecule has 1 saturated heterocycles. The Morgan fingerprint density at radius 1 is 1.44 bits per heavy atom. The maximum atomic E-state index is 4.61.